The van der Waals surface area contributed by atoms with Gasteiger partial charge in [0.05, 0.1) is 11.1 Å². The standard InChI is InChI=1S/C14H20BrNO2/c15-13-3-1-2-4-14(13)18-10-12(9-17)11-5-7-16-8-6-11/h1-4,11-12,16-17H,5-10H2. The molecule has 0 saturated carbocycles. The van der Waals surface area contributed by atoms with Gasteiger partial charge in [-0.15, -0.1) is 0 Å². The lowest BCUT2D eigenvalue weighted by molar-refractivity contribution is 0.101. The Bertz CT molecular complexity index is 367. The van der Waals surface area contributed by atoms with Crippen LogP contribution in [0.5, 0.6) is 5.75 Å². The summed E-state index contributed by atoms with van der Waals surface area (Å²) >= 11 is 3.47. The topological polar surface area (TPSA) is 41.5 Å². The van der Waals surface area contributed by atoms with Crippen LogP contribution < -0.4 is 10.1 Å². The van der Waals surface area contributed by atoms with Crippen LogP contribution in [-0.2, 0) is 0 Å². The molecule has 1 atom stereocenters. The number of nitrogens with one attached hydrogen (secondary N) is 1. The van der Waals surface area contributed by atoms with Crippen molar-refractivity contribution in [1.82, 2.24) is 5.32 Å². The van der Waals surface area contributed by atoms with Crippen LogP contribution in [0.2, 0.25) is 0 Å². The number of para-hydroxylation sites is 1. The first kappa shape index (κ1) is 13.8. The number of halogens is 1. The highest BCUT2D eigenvalue weighted by Crippen LogP contribution is 2.27. The molecule has 0 bridgehead atoms. The number of rotatable bonds is 5. The Balaban J connectivity index is 1.88. The second-order valence-corrected chi connectivity index (χ2v) is 5.63. The summed E-state index contributed by atoms with van der Waals surface area (Å²) < 4.78 is 6.78. The molecule has 1 aromatic carbocycles. The van der Waals surface area contributed by atoms with E-state index in [1.807, 2.05) is 24.3 Å². The maximum atomic E-state index is 9.51. The van der Waals surface area contributed by atoms with Gasteiger partial charge in [0.1, 0.15) is 5.75 Å². The lowest BCUT2D eigenvalue weighted by atomic mass is 9.86. The number of piperidine rings is 1. The molecular weight excluding hydrogens is 294 g/mol. The van der Waals surface area contributed by atoms with Gasteiger partial charge in [0.15, 0.2) is 0 Å². The molecule has 3 nitrogen and oxygen atoms in total. The molecule has 4 heteroatoms. The zero-order valence-corrected chi connectivity index (χ0v) is 12.0. The summed E-state index contributed by atoms with van der Waals surface area (Å²) in [4.78, 5) is 0. The van der Waals surface area contributed by atoms with Crippen LogP contribution in [-0.4, -0.2) is 31.4 Å². The summed E-state index contributed by atoms with van der Waals surface area (Å²) in [6.07, 6.45) is 2.26. The largest absolute Gasteiger partial charge is 0.492 e. The smallest absolute Gasteiger partial charge is 0.133 e. The van der Waals surface area contributed by atoms with E-state index in [-0.39, 0.29) is 12.5 Å². The molecule has 1 aliphatic rings. The number of hydrogen-bond donors (Lipinski definition) is 2. The maximum absolute atomic E-state index is 9.51. The zero-order chi connectivity index (χ0) is 12.8. The van der Waals surface area contributed by atoms with E-state index >= 15 is 0 Å². The van der Waals surface area contributed by atoms with Gasteiger partial charge in [-0.2, -0.15) is 0 Å². The fourth-order valence-corrected chi connectivity index (χ4v) is 2.81. The van der Waals surface area contributed by atoms with Crippen LogP contribution in [0.3, 0.4) is 0 Å². The molecule has 0 aliphatic carbocycles. The third-order valence-corrected chi connectivity index (χ3v) is 4.23. The van der Waals surface area contributed by atoms with Crippen LogP contribution in [0.4, 0.5) is 0 Å². The van der Waals surface area contributed by atoms with Crippen LogP contribution >= 0.6 is 15.9 Å². The molecule has 1 aliphatic heterocycles. The Morgan fingerprint density at radius 3 is 2.72 bits per heavy atom. The Labute approximate surface area is 117 Å². The van der Waals surface area contributed by atoms with Gasteiger partial charge in [0, 0.05) is 12.5 Å². The van der Waals surface area contributed by atoms with E-state index in [4.69, 9.17) is 4.74 Å². The molecular formula is C14H20BrNO2. The highest BCUT2D eigenvalue weighted by Gasteiger charge is 2.23. The van der Waals surface area contributed by atoms with Gasteiger partial charge in [0.2, 0.25) is 0 Å². The first-order valence-corrected chi connectivity index (χ1v) is 7.29. The summed E-state index contributed by atoms with van der Waals surface area (Å²) in [5, 5.41) is 12.9. The van der Waals surface area contributed by atoms with Gasteiger partial charge in [-0.25, -0.2) is 0 Å². The van der Waals surface area contributed by atoms with E-state index in [1.165, 1.54) is 0 Å². The maximum Gasteiger partial charge on any atom is 0.133 e. The van der Waals surface area contributed by atoms with Crippen molar-refractivity contribution in [3.8, 4) is 5.75 Å². The van der Waals surface area contributed by atoms with Crippen molar-refractivity contribution in [2.75, 3.05) is 26.3 Å². The molecule has 1 heterocycles. The molecule has 1 fully saturated rings. The van der Waals surface area contributed by atoms with Crippen molar-refractivity contribution < 1.29 is 9.84 Å². The van der Waals surface area contributed by atoms with E-state index in [1.54, 1.807) is 0 Å². The zero-order valence-electron chi connectivity index (χ0n) is 10.4. The minimum atomic E-state index is 0.203. The highest BCUT2D eigenvalue weighted by atomic mass is 79.9. The van der Waals surface area contributed by atoms with E-state index < -0.39 is 0 Å². The Morgan fingerprint density at radius 2 is 2.06 bits per heavy atom. The van der Waals surface area contributed by atoms with Gasteiger partial charge in [0.25, 0.3) is 0 Å². The molecule has 0 spiro atoms. The molecule has 1 saturated heterocycles. The van der Waals surface area contributed by atoms with Crippen LogP contribution in [0.1, 0.15) is 12.8 Å². The average molecular weight is 314 g/mol. The van der Waals surface area contributed by atoms with Crippen molar-refractivity contribution >= 4 is 15.9 Å². The van der Waals surface area contributed by atoms with E-state index in [2.05, 4.69) is 21.2 Å². The molecule has 100 valence electrons. The van der Waals surface area contributed by atoms with Gasteiger partial charge >= 0.3 is 0 Å². The van der Waals surface area contributed by atoms with Crippen molar-refractivity contribution in [2.24, 2.45) is 11.8 Å². The lowest BCUT2D eigenvalue weighted by Gasteiger charge is -2.29. The molecule has 1 unspecified atom stereocenters. The minimum Gasteiger partial charge on any atom is -0.492 e. The van der Waals surface area contributed by atoms with Gasteiger partial charge < -0.3 is 15.2 Å². The Morgan fingerprint density at radius 1 is 1.33 bits per heavy atom. The normalized spacial score (nSPS) is 18.6. The summed E-state index contributed by atoms with van der Waals surface area (Å²) in [5.41, 5.74) is 0. The Hall–Kier alpha value is -0.580. The molecule has 1 aromatic rings. The monoisotopic (exact) mass is 313 g/mol. The van der Waals surface area contributed by atoms with E-state index in [0.717, 1.165) is 36.2 Å². The van der Waals surface area contributed by atoms with E-state index in [9.17, 15) is 5.11 Å². The molecule has 0 radical (unpaired) electrons. The van der Waals surface area contributed by atoms with Gasteiger partial charge in [-0.3, -0.25) is 0 Å². The number of ether oxygens (including phenoxy) is 1. The van der Waals surface area contributed by atoms with Crippen LogP contribution in [0, 0.1) is 11.8 Å². The fourth-order valence-electron chi connectivity index (χ4n) is 2.41. The second kappa shape index (κ2) is 7.12. The average Bonchev–Trinajstić information content (AvgIpc) is 2.42. The summed E-state index contributed by atoms with van der Waals surface area (Å²) in [6.45, 7) is 2.89. The third kappa shape index (κ3) is 3.70. The molecule has 0 amide bonds. The summed E-state index contributed by atoms with van der Waals surface area (Å²) in [6, 6.07) is 7.83. The predicted molar refractivity (Wildman–Crippen MR) is 75.8 cm³/mol. The number of aliphatic hydroxyl groups excluding tert-OH is 1. The second-order valence-electron chi connectivity index (χ2n) is 4.77. The molecule has 2 rings (SSSR count). The van der Waals surface area contributed by atoms with Gasteiger partial charge in [-0.1, -0.05) is 12.1 Å². The third-order valence-electron chi connectivity index (χ3n) is 3.57. The number of hydrogen-bond acceptors (Lipinski definition) is 3. The highest BCUT2D eigenvalue weighted by molar-refractivity contribution is 9.10. The van der Waals surface area contributed by atoms with Crippen LogP contribution in [0.15, 0.2) is 28.7 Å². The first-order chi connectivity index (χ1) is 8.81. The first-order valence-electron chi connectivity index (χ1n) is 6.50. The van der Waals surface area contributed by atoms with Crippen molar-refractivity contribution in [3.05, 3.63) is 28.7 Å². The minimum absolute atomic E-state index is 0.203. The fraction of sp³-hybridized carbons (Fsp3) is 0.571. The van der Waals surface area contributed by atoms with Crippen molar-refractivity contribution in [2.45, 2.75) is 12.8 Å². The van der Waals surface area contributed by atoms with Crippen LogP contribution in [0.25, 0.3) is 0 Å². The predicted octanol–water partition coefficient (Wildman–Crippen LogP) is 2.44. The SMILES string of the molecule is OCC(COc1ccccc1Br)C1CCNCC1. The lowest BCUT2D eigenvalue weighted by Crippen LogP contribution is -2.35. The molecule has 2 N–H and O–H groups in total. The van der Waals surface area contributed by atoms with Crippen molar-refractivity contribution in [3.63, 3.8) is 0 Å². The Kier molecular flexibility index (Phi) is 5.47. The quantitative estimate of drug-likeness (QED) is 0.877. The summed E-state index contributed by atoms with van der Waals surface area (Å²) in [5.74, 6) is 1.66. The van der Waals surface area contributed by atoms with E-state index in [0.29, 0.717) is 12.5 Å². The van der Waals surface area contributed by atoms with Gasteiger partial charge in [-0.05, 0) is 59.9 Å². The molecule has 18 heavy (non-hydrogen) atoms. The number of benzene rings is 1. The summed E-state index contributed by atoms with van der Waals surface area (Å²) in [7, 11) is 0. The molecule has 0 aromatic heterocycles. The van der Waals surface area contributed by atoms with Crippen molar-refractivity contribution in [1.29, 1.82) is 0 Å². The number of aliphatic hydroxyl groups is 1.